The van der Waals surface area contributed by atoms with Gasteiger partial charge in [0.25, 0.3) is 0 Å². The molecule has 3 nitrogen and oxygen atoms in total. The van der Waals surface area contributed by atoms with Crippen LogP contribution in [-0.4, -0.2) is 9.13 Å². The Labute approximate surface area is 313 Å². The normalized spacial score (nSPS) is 14.4. The summed E-state index contributed by atoms with van der Waals surface area (Å²) < 4.78 is 11.3. The van der Waals surface area contributed by atoms with E-state index in [4.69, 9.17) is 4.42 Å². The van der Waals surface area contributed by atoms with Gasteiger partial charge in [0.15, 0.2) is 0 Å². The van der Waals surface area contributed by atoms with Crippen LogP contribution in [0.2, 0.25) is 0 Å². The molecule has 3 heterocycles. The summed E-state index contributed by atoms with van der Waals surface area (Å²) in [5.41, 5.74) is 17.2. The summed E-state index contributed by atoms with van der Waals surface area (Å²) in [7, 11) is 0. The van der Waals surface area contributed by atoms with Crippen LogP contribution in [0.1, 0.15) is 42.7 Å². The van der Waals surface area contributed by atoms with Crippen molar-refractivity contribution in [2.45, 2.75) is 32.1 Å². The first-order valence-electron chi connectivity index (χ1n) is 19.1. The van der Waals surface area contributed by atoms with Crippen molar-refractivity contribution >= 4 is 60.7 Å². The van der Waals surface area contributed by atoms with Gasteiger partial charge in [-0.1, -0.05) is 117 Å². The second-order valence-corrected chi connectivity index (χ2v) is 15.6. The molecule has 0 atom stereocenters. The Morgan fingerprint density at radius 2 is 1.13 bits per heavy atom. The number of aryl methyl sites for hydroxylation is 1. The van der Waals surface area contributed by atoms with E-state index in [2.05, 4.69) is 181 Å². The minimum Gasteiger partial charge on any atom is -0.460 e. The highest BCUT2D eigenvalue weighted by Gasteiger charge is 2.38. The molecule has 10 aromatic rings. The van der Waals surface area contributed by atoms with Gasteiger partial charge in [-0.15, -0.1) is 0 Å². The molecule has 0 N–H and O–H groups in total. The monoisotopic (exact) mass is 692 g/mol. The van der Waals surface area contributed by atoms with Gasteiger partial charge >= 0.3 is 0 Å². The van der Waals surface area contributed by atoms with E-state index in [1.165, 1.54) is 93.6 Å². The third-order valence-corrected chi connectivity index (χ3v) is 12.3. The number of aromatic nitrogens is 2. The fraction of sp³-hybridized carbons (Fsp3) is 0.0980. The van der Waals surface area contributed by atoms with E-state index in [1.54, 1.807) is 0 Å². The predicted molar refractivity (Wildman–Crippen MR) is 225 cm³/mol. The molecule has 0 fully saturated rings. The number of allylic oxidation sites excluding steroid dienone is 1. The Bertz CT molecular complexity index is 3250. The average molecular weight is 693 g/mol. The highest BCUT2D eigenvalue weighted by atomic mass is 16.3. The van der Waals surface area contributed by atoms with Crippen molar-refractivity contribution in [2.75, 3.05) is 0 Å². The molecule has 256 valence electrons. The van der Waals surface area contributed by atoms with Crippen LogP contribution in [0.15, 0.2) is 156 Å². The molecule has 54 heavy (non-hydrogen) atoms. The molecule has 0 bridgehead atoms. The number of hydrogen-bond acceptors (Lipinski definition) is 1. The van der Waals surface area contributed by atoms with E-state index in [-0.39, 0.29) is 5.41 Å². The van der Waals surface area contributed by atoms with E-state index in [0.717, 1.165) is 29.9 Å². The average Bonchev–Trinajstić information content (AvgIpc) is 3.93. The Morgan fingerprint density at radius 1 is 0.537 bits per heavy atom. The van der Waals surface area contributed by atoms with Crippen molar-refractivity contribution < 1.29 is 4.42 Å². The number of para-hydroxylation sites is 2. The Balaban J connectivity index is 1.06. The van der Waals surface area contributed by atoms with Crippen LogP contribution < -0.4 is 0 Å². The maximum absolute atomic E-state index is 6.41. The molecule has 0 aliphatic heterocycles. The molecular weight excluding hydrogens is 657 g/mol. The summed E-state index contributed by atoms with van der Waals surface area (Å²) >= 11 is 0. The zero-order valence-corrected chi connectivity index (χ0v) is 30.2. The number of rotatable bonds is 3. The second-order valence-electron chi connectivity index (χ2n) is 15.6. The second kappa shape index (κ2) is 10.7. The molecule has 0 saturated heterocycles. The summed E-state index contributed by atoms with van der Waals surface area (Å²) in [4.78, 5) is 0. The fourth-order valence-electron chi connectivity index (χ4n) is 10.00. The van der Waals surface area contributed by atoms with Crippen LogP contribution in [0.25, 0.3) is 94.3 Å². The van der Waals surface area contributed by atoms with Crippen molar-refractivity contribution in [3.05, 3.63) is 174 Å². The molecule has 3 aromatic heterocycles. The third-order valence-electron chi connectivity index (χ3n) is 12.3. The number of benzene rings is 7. The fourth-order valence-corrected chi connectivity index (χ4v) is 10.00. The SMILES string of the molecule is CC1(C)c2ccccc2-c2cccc(-n3c4ccccc4c4cc(-c5ccc6c(c5)c5ccccc5n6-c5cccc6oc7c(c56)C=CCC7)ccc43)c21. The van der Waals surface area contributed by atoms with Gasteiger partial charge in [-0.05, 0) is 94.4 Å². The lowest BCUT2D eigenvalue weighted by molar-refractivity contribution is 0.546. The molecule has 12 rings (SSSR count). The quantitative estimate of drug-likeness (QED) is 0.181. The maximum Gasteiger partial charge on any atom is 0.137 e. The molecule has 2 aliphatic carbocycles. The van der Waals surface area contributed by atoms with Crippen LogP contribution in [0.4, 0.5) is 0 Å². The van der Waals surface area contributed by atoms with Crippen molar-refractivity contribution in [1.29, 1.82) is 0 Å². The largest absolute Gasteiger partial charge is 0.460 e. The van der Waals surface area contributed by atoms with Crippen LogP contribution in [0.5, 0.6) is 0 Å². The topological polar surface area (TPSA) is 23.0 Å². The van der Waals surface area contributed by atoms with E-state index >= 15 is 0 Å². The van der Waals surface area contributed by atoms with Gasteiger partial charge in [-0.2, -0.15) is 0 Å². The maximum atomic E-state index is 6.41. The predicted octanol–water partition coefficient (Wildman–Crippen LogP) is 13.6. The molecule has 3 heteroatoms. The van der Waals surface area contributed by atoms with Gasteiger partial charge < -0.3 is 13.6 Å². The molecule has 0 unspecified atom stereocenters. The molecule has 0 spiro atoms. The minimum atomic E-state index is -0.117. The zero-order valence-electron chi connectivity index (χ0n) is 30.2. The summed E-state index contributed by atoms with van der Waals surface area (Å²) in [6, 6.07) is 54.0. The standard InChI is InChI=1S/C51H36N2O/c1-51(2)40-18-7-3-13-33(40)36-17-11-22-46(50(36)51)53-42-20-9-5-15-35(42)39-30-32(26-28-44(39)53)31-25-27-43-38(29-31)34-14-4-8-19-41(34)52(43)45-21-12-24-48-49(45)37-16-6-10-23-47(37)54-48/h3-9,11-22,24-30H,10,23H2,1-2H3. The molecule has 0 saturated carbocycles. The Hall–Kier alpha value is -6.58. The van der Waals surface area contributed by atoms with Gasteiger partial charge in [0, 0.05) is 38.9 Å². The van der Waals surface area contributed by atoms with E-state index in [1.807, 2.05) is 0 Å². The summed E-state index contributed by atoms with van der Waals surface area (Å²) in [5, 5.41) is 6.22. The van der Waals surface area contributed by atoms with Crippen LogP contribution >= 0.6 is 0 Å². The molecule has 7 aromatic carbocycles. The van der Waals surface area contributed by atoms with Crippen molar-refractivity contribution in [1.82, 2.24) is 9.13 Å². The van der Waals surface area contributed by atoms with Crippen molar-refractivity contribution in [3.63, 3.8) is 0 Å². The first kappa shape index (κ1) is 29.9. The summed E-state index contributed by atoms with van der Waals surface area (Å²) in [6.07, 6.45) is 6.48. The van der Waals surface area contributed by atoms with E-state index in [9.17, 15) is 0 Å². The first-order chi connectivity index (χ1) is 26.6. The smallest absolute Gasteiger partial charge is 0.137 e. The lowest BCUT2D eigenvalue weighted by Gasteiger charge is -2.25. The number of nitrogens with zero attached hydrogens (tertiary/aromatic N) is 2. The van der Waals surface area contributed by atoms with Crippen LogP contribution in [0, 0.1) is 0 Å². The molecule has 0 radical (unpaired) electrons. The molecule has 2 aliphatic rings. The Kier molecular flexibility index (Phi) is 5.96. The van der Waals surface area contributed by atoms with E-state index < -0.39 is 0 Å². The number of hydrogen-bond donors (Lipinski definition) is 0. The highest BCUT2D eigenvalue weighted by molar-refractivity contribution is 6.14. The lowest BCUT2D eigenvalue weighted by atomic mass is 9.81. The van der Waals surface area contributed by atoms with Gasteiger partial charge in [0.05, 0.1) is 38.8 Å². The first-order valence-corrected chi connectivity index (χ1v) is 19.1. The van der Waals surface area contributed by atoms with Crippen LogP contribution in [-0.2, 0) is 11.8 Å². The minimum absolute atomic E-state index is 0.117. The van der Waals surface area contributed by atoms with Crippen molar-refractivity contribution in [3.8, 4) is 33.6 Å². The van der Waals surface area contributed by atoms with Gasteiger partial charge in [-0.3, -0.25) is 0 Å². The third kappa shape index (κ3) is 3.91. The summed E-state index contributed by atoms with van der Waals surface area (Å²) in [6.45, 7) is 4.75. The van der Waals surface area contributed by atoms with Gasteiger partial charge in [0.1, 0.15) is 11.3 Å². The number of fused-ring (bicyclic) bond motifs is 12. The Morgan fingerprint density at radius 3 is 1.87 bits per heavy atom. The molecule has 0 amide bonds. The highest BCUT2D eigenvalue weighted by Crippen LogP contribution is 2.52. The van der Waals surface area contributed by atoms with Gasteiger partial charge in [0.2, 0.25) is 0 Å². The molecular formula is C51H36N2O. The lowest BCUT2D eigenvalue weighted by Crippen LogP contribution is -2.17. The van der Waals surface area contributed by atoms with Crippen LogP contribution in [0.3, 0.4) is 0 Å². The van der Waals surface area contributed by atoms with Crippen molar-refractivity contribution in [2.24, 2.45) is 0 Å². The zero-order chi connectivity index (χ0) is 35.7. The number of furan rings is 1. The van der Waals surface area contributed by atoms with Gasteiger partial charge in [-0.25, -0.2) is 0 Å². The summed E-state index contributed by atoms with van der Waals surface area (Å²) in [5.74, 6) is 1.09. The van der Waals surface area contributed by atoms with E-state index in [0.29, 0.717) is 0 Å².